The topological polar surface area (TPSA) is 38.8 Å². The highest BCUT2D eigenvalue weighted by Gasteiger charge is 2.49. The average molecular weight is 291 g/mol. The SMILES string of the molecule is CCCCCCN1C(=O)[C@H](OC)[C@@H]1c1ccccc1OC. The van der Waals surface area contributed by atoms with Gasteiger partial charge in [-0.05, 0) is 12.5 Å². The van der Waals surface area contributed by atoms with Crippen LogP contribution in [0.25, 0.3) is 0 Å². The van der Waals surface area contributed by atoms with Crippen molar-refractivity contribution >= 4 is 5.91 Å². The van der Waals surface area contributed by atoms with E-state index in [1.54, 1.807) is 14.2 Å². The molecule has 0 radical (unpaired) electrons. The van der Waals surface area contributed by atoms with Gasteiger partial charge in [0.05, 0.1) is 13.2 Å². The maximum atomic E-state index is 12.2. The molecule has 1 heterocycles. The van der Waals surface area contributed by atoms with E-state index >= 15 is 0 Å². The largest absolute Gasteiger partial charge is 0.496 e. The first-order valence-electron chi connectivity index (χ1n) is 7.70. The number of β-lactam (4-membered cyclic amide) rings is 1. The summed E-state index contributed by atoms with van der Waals surface area (Å²) in [7, 11) is 3.26. The minimum atomic E-state index is -0.382. The van der Waals surface area contributed by atoms with Crippen LogP contribution in [0, 0.1) is 0 Å². The number of hydrogen-bond donors (Lipinski definition) is 0. The summed E-state index contributed by atoms with van der Waals surface area (Å²) < 4.78 is 10.8. The van der Waals surface area contributed by atoms with Crippen LogP contribution in [-0.2, 0) is 9.53 Å². The number of carbonyl (C=O) groups is 1. The second-order valence-corrected chi connectivity index (χ2v) is 5.44. The van der Waals surface area contributed by atoms with Crippen molar-refractivity contribution in [2.24, 2.45) is 0 Å². The molecule has 1 amide bonds. The second kappa shape index (κ2) is 7.46. The van der Waals surface area contributed by atoms with Crippen LogP contribution in [0.4, 0.5) is 0 Å². The zero-order chi connectivity index (χ0) is 15.2. The molecular weight excluding hydrogens is 266 g/mol. The standard InChI is InChI=1S/C17H25NO3/c1-4-5-6-9-12-18-15(16(21-3)17(18)19)13-10-7-8-11-14(13)20-2/h7-8,10-11,15-16H,4-6,9,12H2,1-3H3/t15-,16+/m0/s1. The monoisotopic (exact) mass is 291 g/mol. The van der Waals surface area contributed by atoms with Crippen LogP contribution in [0.1, 0.15) is 44.2 Å². The van der Waals surface area contributed by atoms with E-state index in [1.807, 2.05) is 29.2 Å². The molecule has 116 valence electrons. The van der Waals surface area contributed by atoms with Gasteiger partial charge in [0.25, 0.3) is 5.91 Å². The van der Waals surface area contributed by atoms with Crippen LogP contribution in [-0.4, -0.2) is 37.7 Å². The summed E-state index contributed by atoms with van der Waals surface area (Å²) in [4.78, 5) is 14.1. The summed E-state index contributed by atoms with van der Waals surface area (Å²) in [5.74, 6) is 0.903. The summed E-state index contributed by atoms with van der Waals surface area (Å²) in [5.41, 5.74) is 1.03. The molecule has 1 aromatic rings. The van der Waals surface area contributed by atoms with E-state index in [-0.39, 0.29) is 18.1 Å². The molecule has 1 aromatic carbocycles. The Hall–Kier alpha value is -1.55. The highest BCUT2D eigenvalue weighted by Crippen LogP contribution is 2.40. The zero-order valence-corrected chi connectivity index (χ0v) is 13.2. The van der Waals surface area contributed by atoms with Crippen LogP contribution in [0.5, 0.6) is 5.75 Å². The number of ether oxygens (including phenoxy) is 2. The molecule has 4 nitrogen and oxygen atoms in total. The molecule has 1 aliphatic heterocycles. The van der Waals surface area contributed by atoms with E-state index in [0.717, 1.165) is 30.7 Å². The molecule has 1 aliphatic rings. The number of unbranched alkanes of at least 4 members (excludes halogenated alkanes) is 3. The Kier molecular flexibility index (Phi) is 5.62. The smallest absolute Gasteiger partial charge is 0.254 e. The van der Waals surface area contributed by atoms with E-state index in [0.29, 0.717) is 0 Å². The summed E-state index contributed by atoms with van der Waals surface area (Å²) >= 11 is 0. The Labute approximate surface area is 127 Å². The lowest BCUT2D eigenvalue weighted by atomic mass is 9.89. The highest BCUT2D eigenvalue weighted by molar-refractivity contribution is 5.89. The number of benzene rings is 1. The van der Waals surface area contributed by atoms with Gasteiger partial charge < -0.3 is 14.4 Å². The zero-order valence-electron chi connectivity index (χ0n) is 13.2. The molecule has 0 bridgehead atoms. The molecule has 0 aromatic heterocycles. The molecule has 0 saturated carbocycles. The maximum absolute atomic E-state index is 12.2. The predicted octanol–water partition coefficient (Wildman–Crippen LogP) is 3.17. The molecule has 2 atom stereocenters. The molecule has 0 spiro atoms. The van der Waals surface area contributed by atoms with Gasteiger partial charge in [0.2, 0.25) is 0 Å². The van der Waals surface area contributed by atoms with Gasteiger partial charge >= 0.3 is 0 Å². The third-order valence-electron chi connectivity index (χ3n) is 4.11. The molecule has 21 heavy (non-hydrogen) atoms. The van der Waals surface area contributed by atoms with Crippen LogP contribution in [0.3, 0.4) is 0 Å². The lowest BCUT2D eigenvalue weighted by molar-refractivity contribution is -0.171. The van der Waals surface area contributed by atoms with E-state index < -0.39 is 0 Å². The molecule has 1 saturated heterocycles. The van der Waals surface area contributed by atoms with E-state index in [4.69, 9.17) is 9.47 Å². The van der Waals surface area contributed by atoms with Crippen LogP contribution in [0.2, 0.25) is 0 Å². The Morgan fingerprint density at radius 1 is 1.14 bits per heavy atom. The lowest BCUT2D eigenvalue weighted by Gasteiger charge is -2.46. The number of rotatable bonds is 8. The van der Waals surface area contributed by atoms with Gasteiger partial charge in [-0.2, -0.15) is 0 Å². The Balaban J connectivity index is 2.11. The van der Waals surface area contributed by atoms with Gasteiger partial charge in [0, 0.05) is 19.2 Å². The Morgan fingerprint density at radius 3 is 2.57 bits per heavy atom. The molecule has 0 unspecified atom stereocenters. The maximum Gasteiger partial charge on any atom is 0.254 e. The molecule has 0 N–H and O–H groups in total. The number of amides is 1. The number of hydrogen-bond acceptors (Lipinski definition) is 3. The molecule has 1 fully saturated rings. The fourth-order valence-electron chi connectivity index (χ4n) is 2.95. The van der Waals surface area contributed by atoms with Gasteiger partial charge in [-0.3, -0.25) is 4.79 Å². The molecule has 4 heteroatoms. The van der Waals surface area contributed by atoms with Crippen molar-refractivity contribution in [3.63, 3.8) is 0 Å². The predicted molar refractivity (Wildman–Crippen MR) is 82.4 cm³/mol. The van der Waals surface area contributed by atoms with Gasteiger partial charge in [-0.1, -0.05) is 44.4 Å². The first-order chi connectivity index (χ1) is 10.2. The van der Waals surface area contributed by atoms with Crippen molar-refractivity contribution in [3.05, 3.63) is 29.8 Å². The highest BCUT2D eigenvalue weighted by atomic mass is 16.5. The van der Waals surface area contributed by atoms with Crippen molar-refractivity contribution in [2.45, 2.75) is 44.8 Å². The van der Waals surface area contributed by atoms with Gasteiger partial charge in [0.1, 0.15) is 5.75 Å². The molecule has 2 rings (SSSR count). The van der Waals surface area contributed by atoms with Crippen molar-refractivity contribution in [3.8, 4) is 5.75 Å². The number of methoxy groups -OCH3 is 2. The van der Waals surface area contributed by atoms with Crippen molar-refractivity contribution in [1.29, 1.82) is 0 Å². The number of nitrogens with zero attached hydrogens (tertiary/aromatic N) is 1. The van der Waals surface area contributed by atoms with Crippen molar-refractivity contribution in [2.75, 3.05) is 20.8 Å². The van der Waals surface area contributed by atoms with Gasteiger partial charge in [-0.15, -0.1) is 0 Å². The fourth-order valence-corrected chi connectivity index (χ4v) is 2.95. The van der Waals surface area contributed by atoms with Crippen molar-refractivity contribution in [1.82, 2.24) is 4.90 Å². The molecule has 0 aliphatic carbocycles. The van der Waals surface area contributed by atoms with Gasteiger partial charge in [0.15, 0.2) is 6.10 Å². The molecular formula is C17H25NO3. The summed E-state index contributed by atoms with van der Waals surface area (Å²) in [6, 6.07) is 7.83. The number of carbonyl (C=O) groups excluding carboxylic acids is 1. The van der Waals surface area contributed by atoms with Crippen LogP contribution in [0.15, 0.2) is 24.3 Å². The van der Waals surface area contributed by atoms with Crippen molar-refractivity contribution < 1.29 is 14.3 Å². The van der Waals surface area contributed by atoms with Crippen LogP contribution < -0.4 is 4.74 Å². The van der Waals surface area contributed by atoms with E-state index in [1.165, 1.54) is 12.8 Å². The lowest BCUT2D eigenvalue weighted by Crippen LogP contribution is -2.59. The Bertz CT molecular complexity index is 475. The third kappa shape index (κ3) is 3.21. The quantitative estimate of drug-likeness (QED) is 0.545. The number of para-hydroxylation sites is 1. The first-order valence-corrected chi connectivity index (χ1v) is 7.70. The third-order valence-corrected chi connectivity index (χ3v) is 4.11. The normalized spacial score (nSPS) is 21.3. The second-order valence-electron chi connectivity index (χ2n) is 5.44. The van der Waals surface area contributed by atoms with E-state index in [2.05, 4.69) is 6.92 Å². The minimum absolute atomic E-state index is 0.0275. The fraction of sp³-hybridized carbons (Fsp3) is 0.588. The average Bonchev–Trinajstić information content (AvgIpc) is 2.52. The number of likely N-dealkylation sites (tertiary alicyclic amines) is 1. The first kappa shape index (κ1) is 15.8. The van der Waals surface area contributed by atoms with Crippen LogP contribution >= 0.6 is 0 Å². The van der Waals surface area contributed by atoms with E-state index in [9.17, 15) is 4.79 Å². The summed E-state index contributed by atoms with van der Waals surface area (Å²) in [6.07, 6.45) is 4.24. The summed E-state index contributed by atoms with van der Waals surface area (Å²) in [6.45, 7) is 2.98. The minimum Gasteiger partial charge on any atom is -0.496 e. The summed E-state index contributed by atoms with van der Waals surface area (Å²) in [5, 5.41) is 0. The Morgan fingerprint density at radius 2 is 1.90 bits per heavy atom. The van der Waals surface area contributed by atoms with Gasteiger partial charge in [-0.25, -0.2) is 0 Å².